The second-order valence-corrected chi connectivity index (χ2v) is 10.8. The van der Waals surface area contributed by atoms with Crippen LogP contribution in [-0.4, -0.2) is 35.5 Å². The summed E-state index contributed by atoms with van der Waals surface area (Å²) in [5, 5.41) is 10.3. The molecule has 200 valence electrons. The Hall–Kier alpha value is -3.37. The van der Waals surface area contributed by atoms with Crippen molar-refractivity contribution in [2.24, 2.45) is 5.92 Å². The molecule has 6 nitrogen and oxygen atoms in total. The first-order valence-corrected chi connectivity index (χ1v) is 13.8. The molecule has 2 aliphatic rings. The van der Waals surface area contributed by atoms with Crippen LogP contribution < -0.4 is 0 Å². The number of amides is 1. The molecule has 0 aromatic heterocycles. The highest BCUT2D eigenvalue weighted by Crippen LogP contribution is 2.48. The van der Waals surface area contributed by atoms with Crippen LogP contribution in [0.5, 0.6) is 0 Å². The molecule has 5 rings (SSSR count). The third-order valence-electron chi connectivity index (χ3n) is 7.24. The van der Waals surface area contributed by atoms with E-state index in [4.69, 9.17) is 32.7 Å². The number of nitriles is 1. The summed E-state index contributed by atoms with van der Waals surface area (Å²) in [6.07, 6.45) is 0.539. The van der Waals surface area contributed by atoms with E-state index in [9.17, 15) is 14.9 Å². The first-order valence-electron chi connectivity index (χ1n) is 13.0. The summed E-state index contributed by atoms with van der Waals surface area (Å²) in [6.45, 7) is 1.99. The Kier molecular flexibility index (Phi) is 8.23. The molecule has 0 unspecified atom stereocenters. The van der Waals surface area contributed by atoms with Crippen LogP contribution in [0.1, 0.15) is 54.2 Å². The van der Waals surface area contributed by atoms with Crippen LogP contribution in [0.15, 0.2) is 72.8 Å². The summed E-state index contributed by atoms with van der Waals surface area (Å²) in [6, 6.07) is 22.5. The van der Waals surface area contributed by atoms with Gasteiger partial charge in [-0.05, 0) is 78.8 Å². The van der Waals surface area contributed by atoms with Crippen molar-refractivity contribution >= 4 is 35.1 Å². The molecule has 4 atom stereocenters. The van der Waals surface area contributed by atoms with E-state index in [2.05, 4.69) is 6.07 Å². The third kappa shape index (κ3) is 5.96. The number of halogens is 2. The van der Waals surface area contributed by atoms with Gasteiger partial charge < -0.3 is 14.4 Å². The van der Waals surface area contributed by atoms with Gasteiger partial charge in [0.15, 0.2) is 0 Å². The maximum absolute atomic E-state index is 14.3. The SMILES string of the molecule is CCOC(=O)[C@H](C1CC1)N1C(=O)[C@H](Cc2ccc(C#N)cc2)O[C@@H](c2ccc(Cl)cc2)[C@H]1c1ccc(Cl)cc1. The van der Waals surface area contributed by atoms with Gasteiger partial charge in [-0.1, -0.05) is 59.6 Å². The minimum Gasteiger partial charge on any atom is -0.464 e. The Labute approximate surface area is 238 Å². The van der Waals surface area contributed by atoms with Gasteiger partial charge in [0.2, 0.25) is 0 Å². The van der Waals surface area contributed by atoms with Crippen molar-refractivity contribution in [2.75, 3.05) is 6.61 Å². The van der Waals surface area contributed by atoms with Crippen LogP contribution in [0.3, 0.4) is 0 Å². The number of carbonyl (C=O) groups is 2. The topological polar surface area (TPSA) is 79.6 Å². The minimum absolute atomic E-state index is 0.0160. The fourth-order valence-electron chi connectivity index (χ4n) is 5.22. The van der Waals surface area contributed by atoms with Crippen molar-refractivity contribution in [1.29, 1.82) is 5.26 Å². The molecule has 0 bridgehead atoms. The highest BCUT2D eigenvalue weighted by molar-refractivity contribution is 6.30. The molecule has 1 aliphatic carbocycles. The molecule has 0 spiro atoms. The molecule has 1 saturated carbocycles. The first kappa shape index (κ1) is 27.2. The zero-order valence-corrected chi connectivity index (χ0v) is 22.9. The Morgan fingerprint density at radius 1 is 1.00 bits per heavy atom. The molecule has 8 heteroatoms. The minimum atomic E-state index is -0.849. The quantitative estimate of drug-likeness (QED) is 0.294. The van der Waals surface area contributed by atoms with E-state index in [0.29, 0.717) is 22.0 Å². The second kappa shape index (κ2) is 11.8. The number of benzene rings is 3. The lowest BCUT2D eigenvalue weighted by Gasteiger charge is -2.47. The Morgan fingerprint density at radius 2 is 1.59 bits per heavy atom. The first-order chi connectivity index (χ1) is 18.9. The summed E-state index contributed by atoms with van der Waals surface area (Å²) in [7, 11) is 0. The monoisotopic (exact) mass is 562 g/mol. The fraction of sp³-hybridized carbons (Fsp3) is 0.323. The molecule has 3 aromatic rings. The van der Waals surface area contributed by atoms with Gasteiger partial charge in [0, 0.05) is 16.5 Å². The van der Waals surface area contributed by atoms with E-state index in [0.717, 1.165) is 29.5 Å². The summed E-state index contributed by atoms with van der Waals surface area (Å²) in [5.41, 5.74) is 3.03. The number of rotatable bonds is 8. The molecule has 0 N–H and O–H groups in total. The number of hydrogen-bond acceptors (Lipinski definition) is 5. The number of nitrogens with zero attached hydrogens (tertiary/aromatic N) is 2. The van der Waals surface area contributed by atoms with Crippen LogP contribution in [0.4, 0.5) is 0 Å². The molecule has 1 aliphatic heterocycles. The van der Waals surface area contributed by atoms with Gasteiger partial charge in [0.1, 0.15) is 18.2 Å². The van der Waals surface area contributed by atoms with Crippen molar-refractivity contribution in [3.8, 4) is 6.07 Å². The van der Waals surface area contributed by atoms with Gasteiger partial charge in [-0.2, -0.15) is 5.26 Å². The third-order valence-corrected chi connectivity index (χ3v) is 7.74. The Bertz CT molecular complexity index is 1370. The van der Waals surface area contributed by atoms with E-state index < -0.39 is 30.3 Å². The molecule has 3 aromatic carbocycles. The zero-order valence-electron chi connectivity index (χ0n) is 21.4. The van der Waals surface area contributed by atoms with E-state index in [1.54, 1.807) is 48.2 Å². The molecule has 1 heterocycles. The van der Waals surface area contributed by atoms with Gasteiger partial charge in [-0.25, -0.2) is 4.79 Å². The van der Waals surface area contributed by atoms with Gasteiger partial charge in [0.05, 0.1) is 24.3 Å². The smallest absolute Gasteiger partial charge is 0.329 e. The van der Waals surface area contributed by atoms with Crippen LogP contribution in [0, 0.1) is 17.2 Å². The van der Waals surface area contributed by atoms with Crippen LogP contribution in [0.2, 0.25) is 10.0 Å². The van der Waals surface area contributed by atoms with Crippen LogP contribution in [0.25, 0.3) is 0 Å². The number of morpholine rings is 1. The predicted molar refractivity (Wildman–Crippen MR) is 148 cm³/mol. The fourth-order valence-corrected chi connectivity index (χ4v) is 5.47. The molecular weight excluding hydrogens is 535 g/mol. The number of carbonyl (C=O) groups excluding carboxylic acids is 2. The molecule has 0 radical (unpaired) electrons. The summed E-state index contributed by atoms with van der Waals surface area (Å²) < 4.78 is 12.1. The average molecular weight is 563 g/mol. The highest BCUT2D eigenvalue weighted by Gasteiger charge is 2.53. The number of esters is 1. The molecule has 39 heavy (non-hydrogen) atoms. The van der Waals surface area contributed by atoms with E-state index >= 15 is 0 Å². The molecule has 2 fully saturated rings. The van der Waals surface area contributed by atoms with Gasteiger partial charge >= 0.3 is 5.97 Å². The lowest BCUT2D eigenvalue weighted by Crippen LogP contribution is -2.58. The van der Waals surface area contributed by atoms with Gasteiger partial charge in [0.25, 0.3) is 5.91 Å². The maximum atomic E-state index is 14.3. The molecule has 1 saturated heterocycles. The Balaban J connectivity index is 1.62. The van der Waals surface area contributed by atoms with Crippen molar-refractivity contribution < 1.29 is 19.1 Å². The maximum Gasteiger partial charge on any atom is 0.329 e. The van der Waals surface area contributed by atoms with Crippen molar-refractivity contribution in [3.63, 3.8) is 0 Å². The van der Waals surface area contributed by atoms with E-state index in [1.165, 1.54) is 0 Å². The standard InChI is InChI=1S/C31H28Cl2N2O4/c1-2-38-31(37)28(22-7-8-22)35-27(21-9-13-24(32)14-10-21)29(23-11-15-25(33)16-12-23)39-26(30(35)36)17-19-3-5-20(18-34)6-4-19/h3-6,9-16,22,26-29H,2,7-8,17H2,1H3/t26-,27+,28-,29-/m0/s1. The summed E-state index contributed by atoms with van der Waals surface area (Å²) in [5.74, 6) is -0.655. The zero-order chi connectivity index (χ0) is 27.5. The summed E-state index contributed by atoms with van der Waals surface area (Å²) >= 11 is 12.4. The number of hydrogen-bond donors (Lipinski definition) is 0. The normalized spacial score (nSPS) is 21.7. The second-order valence-electron chi connectivity index (χ2n) is 9.89. The largest absolute Gasteiger partial charge is 0.464 e. The average Bonchev–Trinajstić information content (AvgIpc) is 3.78. The van der Waals surface area contributed by atoms with Crippen LogP contribution >= 0.6 is 23.2 Å². The van der Waals surface area contributed by atoms with Gasteiger partial charge in [-0.3, -0.25) is 4.79 Å². The predicted octanol–water partition coefficient (Wildman–Crippen LogP) is 6.46. The Morgan fingerprint density at radius 3 is 2.13 bits per heavy atom. The molecule has 1 amide bonds. The van der Waals surface area contributed by atoms with Crippen molar-refractivity contribution in [3.05, 3.63) is 105 Å². The lowest BCUT2D eigenvalue weighted by molar-refractivity contribution is -0.186. The van der Waals surface area contributed by atoms with Crippen LogP contribution in [-0.2, 0) is 25.5 Å². The molecular formula is C31H28Cl2N2O4. The van der Waals surface area contributed by atoms with Crippen molar-refractivity contribution in [2.45, 2.75) is 50.5 Å². The van der Waals surface area contributed by atoms with E-state index in [-0.39, 0.29) is 18.4 Å². The van der Waals surface area contributed by atoms with Gasteiger partial charge in [-0.15, -0.1) is 0 Å². The number of ether oxygens (including phenoxy) is 2. The van der Waals surface area contributed by atoms with E-state index in [1.807, 2.05) is 36.4 Å². The summed E-state index contributed by atoms with van der Waals surface area (Å²) in [4.78, 5) is 29.4. The highest BCUT2D eigenvalue weighted by atomic mass is 35.5. The van der Waals surface area contributed by atoms with Crippen molar-refractivity contribution in [1.82, 2.24) is 4.90 Å². The lowest BCUT2D eigenvalue weighted by atomic mass is 9.88.